The molecule has 0 saturated carbocycles. The number of rotatable bonds is 6. The average Bonchev–Trinajstić information content (AvgIpc) is 2.94. The number of carbonyl (C=O) groups excluding carboxylic acids is 2. The number of nitro benzene ring substituents is 1. The van der Waals surface area contributed by atoms with E-state index in [-0.39, 0.29) is 66.8 Å². The smallest absolute Gasteiger partial charge is 0.277 e. The van der Waals surface area contributed by atoms with Gasteiger partial charge in [0.25, 0.3) is 5.69 Å². The molecule has 12 nitrogen and oxygen atoms in total. The number of thioether (sulfide) groups is 1. The SMILES string of the molecule is COc1cc2c([N+](=O)[O-])cc1OCCOCCOCCCCCOCCC(=O)NC(C(=O)CCCN)CSC2C. The van der Waals surface area contributed by atoms with Crippen LogP contribution in [0.5, 0.6) is 11.5 Å². The molecule has 3 N–H and O–H groups in total. The molecular weight excluding hydrogens is 542 g/mol. The fourth-order valence-electron chi connectivity index (χ4n) is 3.97. The molecule has 1 aromatic carbocycles. The minimum atomic E-state index is -0.746. The number of ether oxygens (including phenoxy) is 5. The van der Waals surface area contributed by atoms with Crippen LogP contribution in [0.1, 0.15) is 56.3 Å². The first kappa shape index (κ1) is 33.8. The number of hydrogen-bond acceptors (Lipinski definition) is 11. The van der Waals surface area contributed by atoms with Gasteiger partial charge in [-0.25, -0.2) is 0 Å². The van der Waals surface area contributed by atoms with Crippen molar-refractivity contribution in [3.8, 4) is 11.5 Å². The van der Waals surface area contributed by atoms with E-state index in [1.807, 2.05) is 6.92 Å². The number of Topliss-reactive ketones (excluding diaryl/α,β-unsaturated/α-hetero) is 1. The van der Waals surface area contributed by atoms with E-state index in [1.54, 1.807) is 6.07 Å². The molecule has 13 heteroatoms. The number of nitrogens with two attached hydrogens (primary N) is 1. The Balaban J connectivity index is 2.20. The van der Waals surface area contributed by atoms with Crippen LogP contribution in [-0.4, -0.2) is 88.3 Å². The van der Waals surface area contributed by atoms with Crippen LogP contribution in [0.15, 0.2) is 12.1 Å². The number of carbonyl (C=O) groups is 2. The summed E-state index contributed by atoms with van der Waals surface area (Å²) in [6.45, 7) is 4.94. The maximum Gasteiger partial charge on any atom is 0.277 e. The van der Waals surface area contributed by atoms with E-state index in [4.69, 9.17) is 29.4 Å². The fourth-order valence-corrected chi connectivity index (χ4v) is 5.09. The second-order valence-electron chi connectivity index (χ2n) is 9.27. The molecule has 0 aliphatic carbocycles. The molecule has 1 amide bonds. The van der Waals surface area contributed by atoms with Gasteiger partial charge < -0.3 is 34.7 Å². The van der Waals surface area contributed by atoms with Crippen LogP contribution in [-0.2, 0) is 23.8 Å². The van der Waals surface area contributed by atoms with Crippen molar-refractivity contribution in [1.82, 2.24) is 5.32 Å². The van der Waals surface area contributed by atoms with Gasteiger partial charge in [-0.15, -0.1) is 0 Å². The maximum absolute atomic E-state index is 12.9. The summed E-state index contributed by atoms with van der Waals surface area (Å²) in [4.78, 5) is 36.9. The van der Waals surface area contributed by atoms with E-state index in [0.717, 1.165) is 19.3 Å². The van der Waals surface area contributed by atoms with Crippen LogP contribution in [0.2, 0.25) is 0 Å². The molecule has 2 aliphatic rings. The molecule has 0 fully saturated rings. The molecule has 2 atom stereocenters. The van der Waals surface area contributed by atoms with E-state index in [9.17, 15) is 19.7 Å². The Bertz CT molecular complexity index is 935. The molecule has 3 rings (SSSR count). The van der Waals surface area contributed by atoms with Gasteiger partial charge in [0.1, 0.15) is 6.61 Å². The number of hydrogen-bond donors (Lipinski definition) is 2. The van der Waals surface area contributed by atoms with Gasteiger partial charge in [0.05, 0.1) is 50.6 Å². The Hall–Kier alpha value is -2.45. The first-order valence-electron chi connectivity index (χ1n) is 13.7. The highest BCUT2D eigenvalue weighted by atomic mass is 32.2. The van der Waals surface area contributed by atoms with Crippen LogP contribution in [0.25, 0.3) is 0 Å². The van der Waals surface area contributed by atoms with Crippen molar-refractivity contribution in [2.45, 2.75) is 56.7 Å². The van der Waals surface area contributed by atoms with Gasteiger partial charge in [-0.1, -0.05) is 0 Å². The second kappa shape index (κ2) is 19.6. The van der Waals surface area contributed by atoms with Crippen molar-refractivity contribution in [3.05, 3.63) is 27.8 Å². The van der Waals surface area contributed by atoms with Gasteiger partial charge in [0.15, 0.2) is 17.3 Å². The van der Waals surface area contributed by atoms with Gasteiger partial charge in [-0.3, -0.25) is 19.7 Å². The standard InChI is InChI=1S/C27H43N3O9S/c1-20-21-17-25(35-2)26(18-23(21)30(33)34)39-16-15-38-14-13-37-11-5-3-4-10-36-12-8-27(32)29-22(19-40-20)24(31)7-6-9-28/h17-18,20,22H,3-16,19,28H2,1-2H3,(H,29,32). The molecular formula is C27H43N3O9S. The molecule has 0 saturated heterocycles. The van der Waals surface area contributed by atoms with Crippen LogP contribution in [0.3, 0.4) is 0 Å². The van der Waals surface area contributed by atoms with Crippen LogP contribution >= 0.6 is 11.8 Å². The van der Waals surface area contributed by atoms with E-state index < -0.39 is 11.0 Å². The minimum Gasteiger partial charge on any atom is -0.493 e. The number of benzene rings is 1. The summed E-state index contributed by atoms with van der Waals surface area (Å²) in [6.07, 6.45) is 3.58. The third kappa shape index (κ3) is 12.4. The van der Waals surface area contributed by atoms with Gasteiger partial charge in [-0.05, 0) is 45.2 Å². The van der Waals surface area contributed by atoms with Crippen LogP contribution in [0, 0.1) is 10.1 Å². The molecule has 1 aromatic rings. The third-order valence-electron chi connectivity index (χ3n) is 6.22. The quantitative estimate of drug-likeness (QED) is 0.286. The summed E-state index contributed by atoms with van der Waals surface area (Å²) in [5.41, 5.74) is 5.87. The van der Waals surface area contributed by atoms with Crippen molar-refractivity contribution in [3.63, 3.8) is 0 Å². The Morgan fingerprint density at radius 2 is 1.77 bits per heavy atom. The normalized spacial score (nSPS) is 21.3. The van der Waals surface area contributed by atoms with Crippen molar-refractivity contribution in [2.24, 2.45) is 5.73 Å². The monoisotopic (exact) mass is 585 g/mol. The number of fused-ring (bicyclic) bond motifs is 22. The van der Waals surface area contributed by atoms with Crippen molar-refractivity contribution < 1.29 is 38.2 Å². The van der Waals surface area contributed by atoms with Gasteiger partial charge in [-0.2, -0.15) is 11.8 Å². The molecule has 226 valence electrons. The van der Waals surface area contributed by atoms with Gasteiger partial charge in [0, 0.05) is 42.6 Å². The lowest BCUT2D eigenvalue weighted by Gasteiger charge is -2.21. The summed E-state index contributed by atoms with van der Waals surface area (Å²) < 4.78 is 27.9. The van der Waals surface area contributed by atoms with Gasteiger partial charge in [0.2, 0.25) is 5.91 Å². The predicted molar refractivity (Wildman–Crippen MR) is 152 cm³/mol. The molecule has 2 unspecified atom stereocenters. The zero-order chi connectivity index (χ0) is 29.2. The van der Waals surface area contributed by atoms with Crippen LogP contribution < -0.4 is 20.5 Å². The third-order valence-corrected chi connectivity index (χ3v) is 7.50. The molecule has 2 aliphatic heterocycles. The molecule has 0 spiro atoms. The fraction of sp³-hybridized carbons (Fsp3) is 0.704. The summed E-state index contributed by atoms with van der Waals surface area (Å²) in [6, 6.07) is 2.19. The van der Waals surface area contributed by atoms with Gasteiger partial charge >= 0.3 is 0 Å². The molecule has 2 bridgehead atoms. The highest BCUT2D eigenvalue weighted by Crippen LogP contribution is 2.41. The lowest BCUT2D eigenvalue weighted by molar-refractivity contribution is -0.385. The Kier molecular flexibility index (Phi) is 16.5. The first-order chi connectivity index (χ1) is 19.4. The summed E-state index contributed by atoms with van der Waals surface area (Å²) >= 11 is 1.34. The van der Waals surface area contributed by atoms with E-state index in [1.165, 1.54) is 24.9 Å². The predicted octanol–water partition coefficient (Wildman–Crippen LogP) is 3.19. The maximum atomic E-state index is 12.9. The van der Waals surface area contributed by atoms with E-state index >= 15 is 0 Å². The van der Waals surface area contributed by atoms with Crippen molar-refractivity contribution in [2.75, 3.05) is 65.7 Å². The zero-order valence-electron chi connectivity index (χ0n) is 23.5. The summed E-state index contributed by atoms with van der Waals surface area (Å²) in [5, 5.41) is 14.4. The highest BCUT2D eigenvalue weighted by molar-refractivity contribution is 7.99. The molecule has 0 aromatic heterocycles. The molecule has 0 radical (unpaired) electrons. The topological polar surface area (TPSA) is 161 Å². The second-order valence-corrected chi connectivity index (χ2v) is 10.6. The first-order valence-corrected chi connectivity index (χ1v) is 14.8. The molecule has 2 heterocycles. The van der Waals surface area contributed by atoms with Crippen molar-refractivity contribution in [1.29, 1.82) is 0 Å². The Labute approximate surface area is 240 Å². The summed E-state index contributed by atoms with van der Waals surface area (Å²) in [5.74, 6) is 0.427. The lowest BCUT2D eigenvalue weighted by atomic mass is 10.1. The number of nitrogens with zero attached hydrogens (tertiary/aromatic N) is 1. The number of nitro groups is 1. The Morgan fingerprint density at radius 1 is 1.10 bits per heavy atom. The highest BCUT2D eigenvalue weighted by Gasteiger charge is 2.27. The van der Waals surface area contributed by atoms with E-state index in [2.05, 4.69) is 5.32 Å². The van der Waals surface area contributed by atoms with Crippen LogP contribution in [0.4, 0.5) is 5.69 Å². The zero-order valence-corrected chi connectivity index (χ0v) is 24.3. The largest absolute Gasteiger partial charge is 0.493 e. The average molecular weight is 586 g/mol. The number of methoxy groups -OCH3 is 1. The molecule has 40 heavy (non-hydrogen) atoms. The number of nitrogens with one attached hydrogen (secondary N) is 1. The number of ketones is 1. The number of amides is 1. The lowest BCUT2D eigenvalue weighted by Crippen LogP contribution is -2.43. The van der Waals surface area contributed by atoms with E-state index in [0.29, 0.717) is 50.7 Å². The summed E-state index contributed by atoms with van der Waals surface area (Å²) in [7, 11) is 1.46. The van der Waals surface area contributed by atoms with Crippen molar-refractivity contribution >= 4 is 29.1 Å². The minimum absolute atomic E-state index is 0.122. The Morgan fingerprint density at radius 3 is 2.45 bits per heavy atom.